The normalized spacial score (nSPS) is 15.2. The Balaban J connectivity index is 2.05. The maximum Gasteiger partial charge on any atom is 0.193 e. The molecule has 1 N–H and O–H groups in total. The summed E-state index contributed by atoms with van der Waals surface area (Å²) in [6.07, 6.45) is 7.38. The van der Waals surface area contributed by atoms with Gasteiger partial charge in [0.2, 0.25) is 0 Å². The molecule has 2 heterocycles. The number of fused-ring (bicyclic) bond motifs is 1. The van der Waals surface area contributed by atoms with Crippen LogP contribution in [0.5, 0.6) is 0 Å². The third kappa shape index (κ3) is 3.03. The molecule has 0 bridgehead atoms. The van der Waals surface area contributed by atoms with E-state index in [0.717, 1.165) is 11.4 Å². The van der Waals surface area contributed by atoms with Crippen molar-refractivity contribution in [2.24, 2.45) is 5.92 Å². The predicted octanol–water partition coefficient (Wildman–Crippen LogP) is 2.53. The summed E-state index contributed by atoms with van der Waals surface area (Å²) < 4.78 is 2.10. The number of aromatic nitrogens is 2. The Morgan fingerprint density at radius 2 is 2.41 bits per heavy atom. The van der Waals surface area contributed by atoms with Crippen LogP contribution < -0.4 is 5.32 Å². The highest BCUT2D eigenvalue weighted by Crippen LogP contribution is 2.16. The number of nitrogens with zero attached hydrogens (tertiary/aromatic N) is 2. The molecule has 0 saturated heterocycles. The van der Waals surface area contributed by atoms with Crippen molar-refractivity contribution in [3.05, 3.63) is 23.5 Å². The monoisotopic (exact) mass is 269 g/mol. The van der Waals surface area contributed by atoms with E-state index in [1.54, 1.807) is 11.3 Å². The maximum absolute atomic E-state index is 4.64. The Labute approximate surface area is 111 Å². The molecule has 0 amide bonds. The quantitative estimate of drug-likeness (QED) is 0.874. The van der Waals surface area contributed by atoms with E-state index in [0.29, 0.717) is 12.0 Å². The highest BCUT2D eigenvalue weighted by Gasteiger charge is 2.17. The van der Waals surface area contributed by atoms with Crippen LogP contribution in [0, 0.1) is 5.92 Å². The standard InChI is InChI=1S/C12H19N3S2/c1-9(8-16-3)11(13-2)6-10-7-15-4-5-17-12(15)14-10/h4-5,7,9,11,13H,6,8H2,1-3H3. The minimum absolute atomic E-state index is 0.507. The molecule has 0 aliphatic rings. The lowest BCUT2D eigenvalue weighted by Gasteiger charge is -2.21. The van der Waals surface area contributed by atoms with Gasteiger partial charge in [0.25, 0.3) is 0 Å². The predicted molar refractivity (Wildman–Crippen MR) is 77.2 cm³/mol. The van der Waals surface area contributed by atoms with Crippen LogP contribution in [-0.4, -0.2) is 34.5 Å². The third-order valence-electron chi connectivity index (χ3n) is 3.06. The van der Waals surface area contributed by atoms with E-state index >= 15 is 0 Å². The first kappa shape index (κ1) is 12.9. The molecule has 0 radical (unpaired) electrons. The van der Waals surface area contributed by atoms with E-state index in [2.05, 4.69) is 45.7 Å². The van der Waals surface area contributed by atoms with Gasteiger partial charge in [0, 0.05) is 30.2 Å². The molecule has 0 aliphatic carbocycles. The first-order valence-electron chi connectivity index (χ1n) is 5.82. The second-order valence-electron chi connectivity index (χ2n) is 4.36. The molecule has 0 saturated carbocycles. The lowest BCUT2D eigenvalue weighted by Crippen LogP contribution is -2.35. The van der Waals surface area contributed by atoms with Gasteiger partial charge in [-0.05, 0) is 25.0 Å². The molecule has 2 aromatic heterocycles. The Hall–Kier alpha value is -0.520. The first-order valence-corrected chi connectivity index (χ1v) is 8.09. The number of likely N-dealkylation sites (N-methyl/N-ethyl adjacent to an activating group) is 1. The average molecular weight is 269 g/mol. The van der Waals surface area contributed by atoms with Crippen LogP contribution in [0.25, 0.3) is 4.96 Å². The number of imidazole rings is 1. The second kappa shape index (κ2) is 5.89. The summed E-state index contributed by atoms with van der Waals surface area (Å²) in [5.41, 5.74) is 1.18. The van der Waals surface area contributed by atoms with E-state index in [1.165, 1.54) is 11.4 Å². The molecule has 2 unspecified atom stereocenters. The second-order valence-corrected chi connectivity index (χ2v) is 6.14. The van der Waals surface area contributed by atoms with Crippen LogP contribution in [0.15, 0.2) is 17.8 Å². The average Bonchev–Trinajstić information content (AvgIpc) is 2.86. The molecule has 94 valence electrons. The maximum atomic E-state index is 4.64. The zero-order chi connectivity index (χ0) is 12.3. The highest BCUT2D eigenvalue weighted by atomic mass is 32.2. The van der Waals surface area contributed by atoms with Crippen molar-refractivity contribution in [3.8, 4) is 0 Å². The number of thioether (sulfide) groups is 1. The van der Waals surface area contributed by atoms with Crippen molar-refractivity contribution >= 4 is 28.1 Å². The lowest BCUT2D eigenvalue weighted by atomic mass is 10.00. The Kier molecular flexibility index (Phi) is 4.48. The summed E-state index contributed by atoms with van der Waals surface area (Å²) in [4.78, 5) is 5.73. The number of hydrogen-bond acceptors (Lipinski definition) is 4. The smallest absolute Gasteiger partial charge is 0.193 e. The van der Waals surface area contributed by atoms with Crippen molar-refractivity contribution in [1.29, 1.82) is 0 Å². The molecule has 2 rings (SSSR count). The lowest BCUT2D eigenvalue weighted by molar-refractivity contribution is 0.428. The first-order chi connectivity index (χ1) is 8.24. The molecule has 0 fully saturated rings. The largest absolute Gasteiger partial charge is 0.316 e. The zero-order valence-electron chi connectivity index (χ0n) is 10.5. The summed E-state index contributed by atoms with van der Waals surface area (Å²) in [6, 6.07) is 0.507. The fourth-order valence-electron chi connectivity index (χ4n) is 2.07. The van der Waals surface area contributed by atoms with Gasteiger partial charge in [-0.15, -0.1) is 11.3 Å². The van der Waals surface area contributed by atoms with Crippen molar-refractivity contribution in [3.63, 3.8) is 0 Å². The highest BCUT2D eigenvalue weighted by molar-refractivity contribution is 7.98. The van der Waals surface area contributed by atoms with Crippen LogP contribution in [0.2, 0.25) is 0 Å². The minimum atomic E-state index is 0.507. The molecule has 0 aliphatic heterocycles. The Bertz CT molecular complexity index is 434. The topological polar surface area (TPSA) is 29.3 Å². The number of rotatable bonds is 6. The summed E-state index contributed by atoms with van der Waals surface area (Å²) in [6.45, 7) is 2.30. The summed E-state index contributed by atoms with van der Waals surface area (Å²) in [5.74, 6) is 1.85. The molecule has 3 nitrogen and oxygen atoms in total. The van der Waals surface area contributed by atoms with Gasteiger partial charge < -0.3 is 5.32 Å². The van der Waals surface area contributed by atoms with Crippen LogP contribution in [0.3, 0.4) is 0 Å². The van der Waals surface area contributed by atoms with Gasteiger partial charge in [0.05, 0.1) is 5.69 Å². The molecular formula is C12H19N3S2. The van der Waals surface area contributed by atoms with E-state index in [9.17, 15) is 0 Å². The Morgan fingerprint density at radius 3 is 3.06 bits per heavy atom. The molecule has 17 heavy (non-hydrogen) atoms. The van der Waals surface area contributed by atoms with Crippen molar-refractivity contribution in [2.75, 3.05) is 19.1 Å². The van der Waals surface area contributed by atoms with Gasteiger partial charge >= 0.3 is 0 Å². The van der Waals surface area contributed by atoms with Crippen LogP contribution >= 0.6 is 23.1 Å². The molecular weight excluding hydrogens is 250 g/mol. The van der Waals surface area contributed by atoms with Gasteiger partial charge in [-0.1, -0.05) is 6.92 Å². The van der Waals surface area contributed by atoms with Crippen molar-refractivity contribution in [1.82, 2.24) is 14.7 Å². The van der Waals surface area contributed by atoms with Crippen molar-refractivity contribution in [2.45, 2.75) is 19.4 Å². The summed E-state index contributed by atoms with van der Waals surface area (Å²) in [5, 5.41) is 5.48. The summed E-state index contributed by atoms with van der Waals surface area (Å²) in [7, 11) is 2.04. The molecule has 2 atom stereocenters. The van der Waals surface area contributed by atoms with Gasteiger partial charge in [-0.25, -0.2) is 4.98 Å². The Morgan fingerprint density at radius 1 is 1.59 bits per heavy atom. The van der Waals surface area contributed by atoms with Gasteiger partial charge in [0.15, 0.2) is 4.96 Å². The molecule has 5 heteroatoms. The van der Waals surface area contributed by atoms with Crippen LogP contribution in [0.4, 0.5) is 0 Å². The fraction of sp³-hybridized carbons (Fsp3) is 0.583. The summed E-state index contributed by atoms with van der Waals surface area (Å²) >= 11 is 3.60. The van der Waals surface area contributed by atoms with Crippen LogP contribution in [-0.2, 0) is 6.42 Å². The van der Waals surface area contributed by atoms with Gasteiger partial charge in [-0.2, -0.15) is 11.8 Å². The van der Waals surface area contributed by atoms with Crippen LogP contribution in [0.1, 0.15) is 12.6 Å². The number of hydrogen-bond donors (Lipinski definition) is 1. The molecule has 2 aromatic rings. The third-order valence-corrected chi connectivity index (χ3v) is 4.69. The zero-order valence-corrected chi connectivity index (χ0v) is 12.1. The van der Waals surface area contributed by atoms with Gasteiger partial charge in [0.1, 0.15) is 0 Å². The van der Waals surface area contributed by atoms with E-state index in [-0.39, 0.29) is 0 Å². The van der Waals surface area contributed by atoms with E-state index in [1.807, 2.05) is 18.8 Å². The van der Waals surface area contributed by atoms with Gasteiger partial charge in [-0.3, -0.25) is 4.40 Å². The molecule has 0 aromatic carbocycles. The van der Waals surface area contributed by atoms with E-state index < -0.39 is 0 Å². The van der Waals surface area contributed by atoms with E-state index in [4.69, 9.17) is 0 Å². The minimum Gasteiger partial charge on any atom is -0.316 e. The number of nitrogens with one attached hydrogen (secondary N) is 1. The SMILES string of the molecule is CNC(Cc1cn2ccsc2n1)C(C)CSC. The fourth-order valence-corrected chi connectivity index (χ4v) is 3.54. The number of thiazole rings is 1. The molecule has 0 spiro atoms. The van der Waals surface area contributed by atoms with Crippen molar-refractivity contribution < 1.29 is 0 Å².